The summed E-state index contributed by atoms with van der Waals surface area (Å²) in [6.45, 7) is 11.7. The number of nitrogens with zero attached hydrogens (tertiary/aromatic N) is 3. The van der Waals surface area contributed by atoms with Crippen LogP contribution in [0.25, 0.3) is 0 Å². The van der Waals surface area contributed by atoms with Crippen LogP contribution in [-0.4, -0.2) is 35.8 Å². The second kappa shape index (κ2) is 8.80. The molecule has 110 valence electrons. The van der Waals surface area contributed by atoms with Crippen molar-refractivity contribution in [1.29, 1.82) is 0 Å². The van der Waals surface area contributed by atoms with Crippen LogP contribution >= 0.6 is 12.6 Å². The number of thiol groups is 1. The van der Waals surface area contributed by atoms with Gasteiger partial charge in [-0.15, -0.1) is 0 Å². The third kappa shape index (κ3) is 4.10. The summed E-state index contributed by atoms with van der Waals surface area (Å²) in [6, 6.07) is 0. The maximum atomic E-state index is 4.68. The van der Waals surface area contributed by atoms with Gasteiger partial charge in [-0.25, -0.2) is 4.99 Å². The molecule has 0 bridgehead atoms. The van der Waals surface area contributed by atoms with Crippen molar-refractivity contribution in [3.05, 3.63) is 35.7 Å². The average Bonchev–Trinajstić information content (AvgIpc) is 2.48. The van der Waals surface area contributed by atoms with Gasteiger partial charge < -0.3 is 4.90 Å². The molecule has 0 N–H and O–H groups in total. The van der Waals surface area contributed by atoms with Crippen molar-refractivity contribution in [2.45, 2.75) is 39.0 Å². The molecule has 1 aliphatic carbocycles. The zero-order valence-corrected chi connectivity index (χ0v) is 13.6. The molecule has 0 aromatic heterocycles. The third-order valence-electron chi connectivity index (χ3n) is 3.08. The third-order valence-corrected chi connectivity index (χ3v) is 3.73. The van der Waals surface area contributed by atoms with Gasteiger partial charge in [0.2, 0.25) is 0 Å². The van der Waals surface area contributed by atoms with Gasteiger partial charge in [-0.1, -0.05) is 26.0 Å². The van der Waals surface area contributed by atoms with Crippen LogP contribution in [0.5, 0.6) is 0 Å². The van der Waals surface area contributed by atoms with Crippen LogP contribution in [0.1, 0.15) is 33.6 Å². The summed E-state index contributed by atoms with van der Waals surface area (Å²) < 4.78 is 0. The molecule has 3 nitrogen and oxygen atoms in total. The minimum atomic E-state index is 0.144. The van der Waals surface area contributed by atoms with E-state index in [0.29, 0.717) is 0 Å². The van der Waals surface area contributed by atoms with Gasteiger partial charge in [0.25, 0.3) is 0 Å². The van der Waals surface area contributed by atoms with Gasteiger partial charge in [0.15, 0.2) is 0 Å². The molecule has 4 heteroatoms. The van der Waals surface area contributed by atoms with Crippen molar-refractivity contribution in [3.8, 4) is 0 Å². The molecule has 0 aliphatic heterocycles. The number of allylic oxidation sites excluding steroid dienone is 5. The summed E-state index contributed by atoms with van der Waals surface area (Å²) >= 11 is 4.68. The SMILES string of the molecule is C=N/C(=C1/C=CC=C/C1=N/CC)N(CCC)C(S)CC. The predicted molar refractivity (Wildman–Crippen MR) is 92.9 cm³/mol. The van der Waals surface area contributed by atoms with Gasteiger partial charge in [-0.05, 0) is 38.6 Å². The first-order valence-corrected chi connectivity index (χ1v) is 7.76. The number of hydrogen-bond acceptors (Lipinski definition) is 4. The Morgan fingerprint density at radius 3 is 2.55 bits per heavy atom. The zero-order valence-electron chi connectivity index (χ0n) is 12.7. The maximum Gasteiger partial charge on any atom is 0.138 e. The monoisotopic (exact) mass is 291 g/mol. The Kier molecular flexibility index (Phi) is 7.37. The van der Waals surface area contributed by atoms with Crippen LogP contribution in [0.15, 0.2) is 45.7 Å². The van der Waals surface area contributed by atoms with Crippen LogP contribution < -0.4 is 0 Å². The van der Waals surface area contributed by atoms with Crippen LogP contribution in [0.3, 0.4) is 0 Å². The minimum Gasteiger partial charge on any atom is -0.344 e. The molecule has 1 atom stereocenters. The fourth-order valence-corrected chi connectivity index (χ4v) is 2.38. The Balaban J connectivity index is 3.27. The summed E-state index contributed by atoms with van der Waals surface area (Å²) in [5.74, 6) is 0.876. The fraction of sp³-hybridized carbons (Fsp3) is 0.500. The smallest absolute Gasteiger partial charge is 0.138 e. The van der Waals surface area contributed by atoms with Gasteiger partial charge in [0.05, 0.1) is 11.1 Å². The van der Waals surface area contributed by atoms with Crippen molar-refractivity contribution in [3.63, 3.8) is 0 Å². The van der Waals surface area contributed by atoms with Crippen LogP contribution in [0.2, 0.25) is 0 Å². The van der Waals surface area contributed by atoms with E-state index in [0.717, 1.165) is 43.0 Å². The molecule has 0 saturated heterocycles. The molecule has 0 heterocycles. The van der Waals surface area contributed by atoms with Crippen molar-refractivity contribution in [1.82, 2.24) is 4.90 Å². The predicted octanol–water partition coefficient (Wildman–Crippen LogP) is 3.86. The highest BCUT2D eigenvalue weighted by atomic mass is 32.1. The molecule has 0 saturated carbocycles. The van der Waals surface area contributed by atoms with Gasteiger partial charge in [-0.3, -0.25) is 4.99 Å². The van der Waals surface area contributed by atoms with E-state index in [4.69, 9.17) is 0 Å². The van der Waals surface area contributed by atoms with Crippen LogP contribution in [0.4, 0.5) is 0 Å². The molecule has 0 radical (unpaired) electrons. The molecule has 0 amide bonds. The normalized spacial score (nSPS) is 20.1. The Morgan fingerprint density at radius 2 is 2.00 bits per heavy atom. The molecule has 0 fully saturated rings. The molecule has 0 aromatic rings. The highest BCUT2D eigenvalue weighted by Gasteiger charge is 2.20. The van der Waals surface area contributed by atoms with E-state index in [-0.39, 0.29) is 5.37 Å². The number of rotatable bonds is 7. The van der Waals surface area contributed by atoms with Crippen LogP contribution in [0, 0.1) is 0 Å². The minimum absolute atomic E-state index is 0.144. The van der Waals surface area contributed by atoms with E-state index in [1.165, 1.54) is 0 Å². The molecular weight excluding hydrogens is 266 g/mol. The summed E-state index contributed by atoms with van der Waals surface area (Å²) in [5.41, 5.74) is 2.00. The first kappa shape index (κ1) is 16.8. The van der Waals surface area contributed by atoms with Gasteiger partial charge in [0, 0.05) is 18.7 Å². The Bertz CT molecular complexity index is 447. The first-order valence-electron chi connectivity index (χ1n) is 7.24. The summed E-state index contributed by atoms with van der Waals surface area (Å²) in [5, 5.41) is 0.144. The van der Waals surface area contributed by atoms with E-state index >= 15 is 0 Å². The Hall–Kier alpha value is -1.29. The second-order valence-corrected chi connectivity index (χ2v) is 5.15. The lowest BCUT2D eigenvalue weighted by Gasteiger charge is -2.31. The average molecular weight is 291 g/mol. The highest BCUT2D eigenvalue weighted by Crippen LogP contribution is 2.23. The van der Waals surface area contributed by atoms with E-state index in [1.807, 2.05) is 25.2 Å². The van der Waals surface area contributed by atoms with Gasteiger partial charge >= 0.3 is 0 Å². The van der Waals surface area contributed by atoms with Crippen molar-refractivity contribution in [2.24, 2.45) is 9.98 Å². The standard InChI is InChI=1S/C16H25N3S/c1-5-12-19(15(20)6-2)16(17-4)13-10-8-9-11-14(13)18-7-3/h8-11,15,20H,4-7,12H2,1-3H3/b16-13+,18-14-. The Morgan fingerprint density at radius 1 is 1.30 bits per heavy atom. The molecule has 0 aromatic carbocycles. The highest BCUT2D eigenvalue weighted by molar-refractivity contribution is 7.80. The lowest BCUT2D eigenvalue weighted by molar-refractivity contribution is 0.316. The topological polar surface area (TPSA) is 28.0 Å². The lowest BCUT2D eigenvalue weighted by atomic mass is 10.0. The molecule has 0 spiro atoms. The Labute approximate surface area is 128 Å². The van der Waals surface area contributed by atoms with E-state index in [2.05, 4.69) is 54.2 Å². The van der Waals surface area contributed by atoms with Crippen molar-refractivity contribution >= 4 is 25.1 Å². The summed E-state index contributed by atoms with van der Waals surface area (Å²) in [7, 11) is 0. The lowest BCUT2D eigenvalue weighted by Crippen LogP contribution is -2.32. The maximum absolute atomic E-state index is 4.68. The molecule has 1 rings (SSSR count). The van der Waals surface area contributed by atoms with Gasteiger partial charge in [-0.2, -0.15) is 12.6 Å². The second-order valence-electron chi connectivity index (χ2n) is 4.56. The first-order chi connectivity index (χ1) is 9.69. The molecule has 1 aliphatic rings. The largest absolute Gasteiger partial charge is 0.344 e. The van der Waals surface area contributed by atoms with Crippen molar-refractivity contribution in [2.75, 3.05) is 13.1 Å². The summed E-state index contributed by atoms with van der Waals surface area (Å²) in [6.07, 6.45) is 10.1. The van der Waals surface area contributed by atoms with E-state index < -0.39 is 0 Å². The molecule has 20 heavy (non-hydrogen) atoms. The van der Waals surface area contributed by atoms with Gasteiger partial charge in [0.1, 0.15) is 5.82 Å². The quantitative estimate of drug-likeness (QED) is 0.430. The molecule has 1 unspecified atom stereocenters. The van der Waals surface area contributed by atoms with Crippen molar-refractivity contribution < 1.29 is 0 Å². The van der Waals surface area contributed by atoms with E-state index in [9.17, 15) is 0 Å². The van der Waals surface area contributed by atoms with E-state index in [1.54, 1.807) is 0 Å². The van der Waals surface area contributed by atoms with Crippen LogP contribution in [-0.2, 0) is 0 Å². The summed E-state index contributed by atoms with van der Waals surface area (Å²) in [4.78, 5) is 11.0. The fourth-order valence-electron chi connectivity index (χ4n) is 2.16. The number of aliphatic imine (C=N–C) groups is 2. The molecular formula is C16H25N3S. The zero-order chi connectivity index (χ0) is 15.0. The number of hydrogen-bond donors (Lipinski definition) is 1.